The second-order valence-corrected chi connectivity index (χ2v) is 14.4. The number of hydrogen-bond acceptors (Lipinski definition) is 4. The van der Waals surface area contributed by atoms with Gasteiger partial charge in [-0.3, -0.25) is 4.79 Å². The van der Waals surface area contributed by atoms with Crippen LogP contribution in [0.1, 0.15) is 83.9 Å². The van der Waals surface area contributed by atoms with E-state index >= 15 is 0 Å². The van der Waals surface area contributed by atoms with Crippen LogP contribution in [0, 0.1) is 30.7 Å². The molecule has 0 aliphatic rings. The van der Waals surface area contributed by atoms with Gasteiger partial charge in [-0.1, -0.05) is 84.9 Å². The molecule has 54 heavy (non-hydrogen) atoms. The van der Waals surface area contributed by atoms with Gasteiger partial charge < -0.3 is 10.1 Å². The van der Waals surface area contributed by atoms with Crippen LogP contribution in [-0.4, -0.2) is 30.6 Å². The number of benzene rings is 4. The van der Waals surface area contributed by atoms with E-state index in [1.807, 2.05) is 57.3 Å². The van der Waals surface area contributed by atoms with Crippen molar-refractivity contribution in [3.05, 3.63) is 114 Å². The molecular weight excluding hydrogens is 864 g/mol. The predicted molar refractivity (Wildman–Crippen MR) is 212 cm³/mol. The molecule has 2 aromatic heterocycles. The minimum absolute atomic E-state index is 0. The number of nitrogens with zero attached hydrogens (tertiary/aromatic N) is 3. The summed E-state index contributed by atoms with van der Waals surface area (Å²) < 4.78 is 38.6. The summed E-state index contributed by atoms with van der Waals surface area (Å²) in [5.41, 5.74) is 3.45. The molecule has 0 saturated carbocycles. The number of aromatic nitrogens is 3. The van der Waals surface area contributed by atoms with Crippen molar-refractivity contribution in [1.29, 1.82) is 0 Å². The first-order valence-electron chi connectivity index (χ1n) is 18.2. The summed E-state index contributed by atoms with van der Waals surface area (Å²) in [7, 11) is 0. The molecule has 6 rings (SSSR count). The van der Waals surface area contributed by atoms with Crippen LogP contribution in [0.15, 0.2) is 91.1 Å². The molecule has 0 fully saturated rings. The van der Waals surface area contributed by atoms with Crippen LogP contribution in [0.3, 0.4) is 0 Å². The van der Waals surface area contributed by atoms with Gasteiger partial charge in [0.1, 0.15) is 5.76 Å². The van der Waals surface area contributed by atoms with Crippen molar-refractivity contribution in [2.24, 2.45) is 10.8 Å². The second kappa shape index (κ2) is 16.9. The van der Waals surface area contributed by atoms with Gasteiger partial charge in [0.15, 0.2) is 5.82 Å². The number of rotatable bonds is 9. The van der Waals surface area contributed by atoms with E-state index in [0.29, 0.717) is 17.1 Å². The summed E-state index contributed by atoms with van der Waals surface area (Å²) in [6.07, 6.45) is 4.05. The number of aryl methyl sites for hydroxylation is 2. The number of aliphatic hydroxyl groups is 1. The van der Waals surface area contributed by atoms with Crippen molar-refractivity contribution in [3.8, 4) is 22.6 Å². The van der Waals surface area contributed by atoms with Gasteiger partial charge in [0, 0.05) is 49.7 Å². The van der Waals surface area contributed by atoms with Crippen LogP contribution in [0.5, 0.6) is 0 Å². The zero-order valence-corrected chi connectivity index (χ0v) is 34.5. The molecule has 0 unspecified atom stereocenters. The van der Waals surface area contributed by atoms with Crippen LogP contribution in [0.25, 0.3) is 55.0 Å². The fourth-order valence-electron chi connectivity index (χ4n) is 6.51. The van der Waals surface area contributed by atoms with Gasteiger partial charge in [-0.2, -0.15) is 13.2 Å². The van der Waals surface area contributed by atoms with E-state index < -0.39 is 11.7 Å². The topological polar surface area (TPSA) is 80.3 Å². The van der Waals surface area contributed by atoms with Crippen LogP contribution < -0.4 is 0 Å². The zero-order valence-electron chi connectivity index (χ0n) is 32.1. The molecule has 0 aliphatic carbocycles. The minimum Gasteiger partial charge on any atom is -0.511 e. The molecule has 1 radical (unpaired) electrons. The van der Waals surface area contributed by atoms with Crippen molar-refractivity contribution in [2.75, 3.05) is 0 Å². The Morgan fingerprint density at radius 1 is 0.741 bits per heavy atom. The van der Waals surface area contributed by atoms with Crippen LogP contribution in [0.4, 0.5) is 13.2 Å². The summed E-state index contributed by atoms with van der Waals surface area (Å²) in [5.74, 6) is 0.852. The first-order chi connectivity index (χ1) is 25.1. The minimum atomic E-state index is -4.46. The number of allylic oxidation sites excluding steroid dienone is 2. The Hall–Kier alpha value is -4.46. The van der Waals surface area contributed by atoms with Crippen molar-refractivity contribution < 1.29 is 43.2 Å². The molecule has 0 aliphatic heterocycles. The molecule has 285 valence electrons. The summed E-state index contributed by atoms with van der Waals surface area (Å²) in [6.45, 7) is 16.4. The number of ketones is 1. The van der Waals surface area contributed by atoms with Gasteiger partial charge in [-0.25, -0.2) is 9.97 Å². The van der Waals surface area contributed by atoms with Gasteiger partial charge >= 0.3 is 12.0 Å². The Kier molecular flexibility index (Phi) is 13.2. The average Bonchev–Trinajstić information content (AvgIpc) is 3.15. The Balaban J connectivity index is 0.000000309. The van der Waals surface area contributed by atoms with E-state index in [1.165, 1.54) is 5.56 Å². The van der Waals surface area contributed by atoms with Crippen LogP contribution in [-0.2, 0) is 26.3 Å². The fourth-order valence-corrected chi connectivity index (χ4v) is 6.51. The fraction of sp³-hybridized carbons (Fsp3) is 0.333. The van der Waals surface area contributed by atoms with E-state index in [-0.39, 0.29) is 36.8 Å². The molecule has 5 nitrogen and oxygen atoms in total. The summed E-state index contributed by atoms with van der Waals surface area (Å²) in [5, 5.41) is 16.5. The average molecular weight is 912 g/mol. The zero-order chi connectivity index (χ0) is 38.7. The molecule has 0 atom stereocenters. The van der Waals surface area contributed by atoms with E-state index in [1.54, 1.807) is 6.08 Å². The van der Waals surface area contributed by atoms with Crippen molar-refractivity contribution in [3.63, 3.8) is 0 Å². The Labute approximate surface area is 329 Å². The Bertz CT molecular complexity index is 2290. The molecule has 2 N–H and O–H groups in total. The number of hydrogen-bond donors (Lipinski definition) is 1. The maximum Gasteiger partial charge on any atom is 0.419 e. The maximum atomic E-state index is 12.9. The van der Waals surface area contributed by atoms with Crippen molar-refractivity contribution in [1.82, 2.24) is 15.0 Å². The largest absolute Gasteiger partial charge is 0.511 e. The van der Waals surface area contributed by atoms with Gasteiger partial charge in [-0.15, -0.1) is 34.9 Å². The quantitative estimate of drug-likeness (QED) is 0.0515. The maximum absolute atomic E-state index is 12.9. The van der Waals surface area contributed by atoms with Crippen LogP contribution >= 0.6 is 0 Å². The van der Waals surface area contributed by atoms with Gasteiger partial charge in [0.05, 0.1) is 17.1 Å². The third-order valence-electron chi connectivity index (χ3n) is 11.0. The third-order valence-corrected chi connectivity index (χ3v) is 11.0. The first kappa shape index (κ1) is 42.3. The number of pyridine rings is 1. The van der Waals surface area contributed by atoms with Crippen LogP contribution in [0.2, 0.25) is 0 Å². The second-order valence-electron chi connectivity index (χ2n) is 14.4. The molecule has 2 heterocycles. The summed E-state index contributed by atoms with van der Waals surface area (Å²) >= 11 is 0. The summed E-state index contributed by atoms with van der Waals surface area (Å²) in [4.78, 5) is 22.7. The Morgan fingerprint density at radius 2 is 1.30 bits per heavy atom. The SMILES string of the molecule is CCC(C)(CC)C(=[OH+])/C=C(\O)C(C)(CC)CC.Cc1[c-]c(-c2nccc3c2ccc2c4ccc(-c5ncc(C(F)(F)F)cn5)cc4ccc32)cc(C)c1.[Ir]. The molecular formula is C45H48F3IrN3O2. The van der Waals surface area contributed by atoms with Gasteiger partial charge in [-0.05, 0) is 82.8 Å². The molecule has 9 heteroatoms. The molecule has 0 bridgehead atoms. The molecule has 4 aromatic carbocycles. The summed E-state index contributed by atoms with van der Waals surface area (Å²) in [6, 6.07) is 23.7. The number of carbonyl (C=O) groups excluding carboxylic acids is 1. The van der Waals surface area contributed by atoms with E-state index in [0.717, 1.165) is 87.2 Å². The van der Waals surface area contributed by atoms with E-state index in [2.05, 4.69) is 86.0 Å². The number of alkyl halides is 3. The standard InChI is InChI=1S/C30H19F3N3.C15H28O2.Ir/c1-17-11-18(2)13-21(12-17)28-27-8-7-24-23-5-4-20(29-35-15-22(16-36-29)30(31,32)33)14-19(23)3-6-25(24)26(27)9-10-34-28;1-7-14(5,8-2)12(16)11-13(17)15(6,9-3)10-4;/h3-12,14-16H,1-2H3;11,16H,7-10H2,1-6H3;/q-1;;/p+1/b;12-11-;. The number of halogens is 3. The number of aliphatic hydroxyl groups excluding tert-OH is 1. The number of fused-ring (bicyclic) bond motifs is 5. The van der Waals surface area contributed by atoms with E-state index in [4.69, 9.17) is 0 Å². The van der Waals surface area contributed by atoms with Crippen molar-refractivity contribution >= 4 is 38.1 Å². The predicted octanol–water partition coefficient (Wildman–Crippen LogP) is 12.7. The van der Waals surface area contributed by atoms with Crippen molar-refractivity contribution in [2.45, 2.75) is 87.2 Å². The molecule has 0 spiro atoms. The smallest absolute Gasteiger partial charge is 0.419 e. The van der Waals surface area contributed by atoms with Gasteiger partial charge in [0.2, 0.25) is 0 Å². The van der Waals surface area contributed by atoms with E-state index in [9.17, 15) is 23.1 Å². The third kappa shape index (κ3) is 8.74. The Morgan fingerprint density at radius 3 is 1.89 bits per heavy atom. The van der Waals surface area contributed by atoms with Gasteiger partial charge in [0.25, 0.3) is 0 Å². The molecule has 6 aromatic rings. The molecule has 0 amide bonds. The monoisotopic (exact) mass is 912 g/mol. The molecule has 0 saturated heterocycles. The first-order valence-corrected chi connectivity index (χ1v) is 18.2. The normalized spacial score (nSPS) is 12.4.